The second-order valence-electron chi connectivity index (χ2n) is 4.23. The number of carbonyl (C=O) groups excluding carboxylic acids is 1. The average molecular weight is 255 g/mol. The minimum absolute atomic E-state index is 0.174. The van der Waals surface area contributed by atoms with Crippen molar-refractivity contribution < 1.29 is 4.79 Å². The number of rotatable bonds is 3. The van der Waals surface area contributed by atoms with Gasteiger partial charge in [-0.1, -0.05) is 30.3 Å². The molecule has 0 spiro atoms. The smallest absolute Gasteiger partial charge is 0.326 e. The largest absolute Gasteiger partial charge is 0.326 e. The summed E-state index contributed by atoms with van der Waals surface area (Å²) in [6, 6.07) is 16.8. The predicted molar refractivity (Wildman–Crippen MR) is 78.2 cm³/mol. The quantitative estimate of drug-likeness (QED) is 0.886. The lowest BCUT2D eigenvalue weighted by Gasteiger charge is -2.18. The number of benzene rings is 2. The van der Waals surface area contributed by atoms with Crippen LogP contribution in [-0.4, -0.2) is 13.1 Å². The molecule has 0 aromatic heterocycles. The van der Waals surface area contributed by atoms with Crippen LogP contribution in [0, 0.1) is 0 Å². The van der Waals surface area contributed by atoms with Gasteiger partial charge in [0.15, 0.2) is 0 Å². The third-order valence-electron chi connectivity index (χ3n) is 2.89. The molecule has 4 heteroatoms. The normalized spacial score (nSPS) is 10.0. The number of anilines is 2. The number of amides is 2. The van der Waals surface area contributed by atoms with E-state index < -0.39 is 0 Å². The molecule has 19 heavy (non-hydrogen) atoms. The Hall–Kier alpha value is -2.33. The van der Waals surface area contributed by atoms with Crippen LogP contribution in [0.5, 0.6) is 0 Å². The van der Waals surface area contributed by atoms with Crippen molar-refractivity contribution in [3.63, 3.8) is 0 Å². The summed E-state index contributed by atoms with van der Waals surface area (Å²) in [4.78, 5) is 13.6. The lowest BCUT2D eigenvalue weighted by atomic mass is 10.2. The monoisotopic (exact) mass is 255 g/mol. The second kappa shape index (κ2) is 6.02. The molecule has 0 unspecified atom stereocenters. The molecule has 2 rings (SSSR count). The van der Waals surface area contributed by atoms with Gasteiger partial charge in [0.2, 0.25) is 0 Å². The molecule has 3 N–H and O–H groups in total. The Morgan fingerprint density at radius 3 is 2.32 bits per heavy atom. The fraction of sp³-hybridized carbons (Fsp3) is 0.133. The van der Waals surface area contributed by atoms with Crippen LogP contribution in [0.15, 0.2) is 54.6 Å². The van der Waals surface area contributed by atoms with Gasteiger partial charge in [-0.25, -0.2) is 4.79 Å². The number of nitrogens with zero attached hydrogens (tertiary/aromatic N) is 1. The van der Waals surface area contributed by atoms with E-state index in [1.165, 1.54) is 0 Å². The summed E-state index contributed by atoms with van der Waals surface area (Å²) in [5.74, 6) is 0. The van der Waals surface area contributed by atoms with E-state index in [2.05, 4.69) is 5.32 Å². The molecule has 0 aliphatic rings. The number of para-hydroxylation sites is 1. The van der Waals surface area contributed by atoms with E-state index in [4.69, 9.17) is 5.73 Å². The van der Waals surface area contributed by atoms with E-state index in [9.17, 15) is 4.79 Å². The van der Waals surface area contributed by atoms with Crippen LogP contribution in [0.4, 0.5) is 16.2 Å². The first-order chi connectivity index (χ1) is 9.20. The molecule has 2 aromatic rings. The number of hydrogen-bond donors (Lipinski definition) is 2. The summed E-state index contributed by atoms with van der Waals surface area (Å²) in [5, 5.41) is 2.84. The Balaban J connectivity index is 2.04. The summed E-state index contributed by atoms with van der Waals surface area (Å²) in [7, 11) is 1.74. The van der Waals surface area contributed by atoms with Crippen LogP contribution < -0.4 is 16.0 Å². The zero-order valence-electron chi connectivity index (χ0n) is 10.8. The lowest BCUT2D eigenvalue weighted by molar-refractivity contribution is 0.258. The van der Waals surface area contributed by atoms with Gasteiger partial charge >= 0.3 is 6.03 Å². The third-order valence-corrected chi connectivity index (χ3v) is 2.89. The number of carbonyl (C=O) groups is 1. The van der Waals surface area contributed by atoms with Gasteiger partial charge in [0.1, 0.15) is 0 Å². The molecule has 2 amide bonds. The molecule has 0 saturated carbocycles. The summed E-state index contributed by atoms with van der Waals surface area (Å²) in [5.41, 5.74) is 8.17. The fourth-order valence-corrected chi connectivity index (χ4v) is 1.70. The van der Waals surface area contributed by atoms with Crippen LogP contribution in [-0.2, 0) is 6.54 Å². The van der Waals surface area contributed by atoms with Crippen molar-refractivity contribution >= 4 is 17.4 Å². The van der Waals surface area contributed by atoms with Crippen molar-refractivity contribution in [1.82, 2.24) is 0 Å². The predicted octanol–water partition coefficient (Wildman–Crippen LogP) is 2.81. The Labute approximate surface area is 112 Å². The van der Waals surface area contributed by atoms with E-state index in [1.807, 2.05) is 54.6 Å². The highest BCUT2D eigenvalue weighted by atomic mass is 16.2. The number of urea groups is 1. The van der Waals surface area contributed by atoms with E-state index in [-0.39, 0.29) is 6.03 Å². The van der Waals surface area contributed by atoms with Gasteiger partial charge in [-0.2, -0.15) is 0 Å². The van der Waals surface area contributed by atoms with Gasteiger partial charge in [-0.05, 0) is 29.8 Å². The minimum Gasteiger partial charge on any atom is -0.326 e. The summed E-state index contributed by atoms with van der Waals surface area (Å²) >= 11 is 0. The van der Waals surface area contributed by atoms with Crippen molar-refractivity contribution in [3.8, 4) is 0 Å². The number of hydrogen-bond acceptors (Lipinski definition) is 2. The minimum atomic E-state index is -0.174. The highest BCUT2D eigenvalue weighted by Gasteiger charge is 2.10. The number of nitrogens with one attached hydrogen (secondary N) is 1. The first-order valence-corrected chi connectivity index (χ1v) is 6.09. The van der Waals surface area contributed by atoms with E-state index in [0.717, 1.165) is 16.9 Å². The number of nitrogens with two attached hydrogens (primary N) is 1. The molecular weight excluding hydrogens is 238 g/mol. The highest BCUT2D eigenvalue weighted by molar-refractivity contribution is 6.01. The second-order valence-corrected chi connectivity index (χ2v) is 4.23. The first-order valence-electron chi connectivity index (χ1n) is 6.09. The van der Waals surface area contributed by atoms with Crippen LogP contribution in [0.1, 0.15) is 5.56 Å². The summed E-state index contributed by atoms with van der Waals surface area (Å²) in [6.07, 6.45) is 0. The Bertz CT molecular complexity index is 537. The van der Waals surface area contributed by atoms with Gasteiger partial charge < -0.3 is 11.1 Å². The molecule has 4 nitrogen and oxygen atoms in total. The Morgan fingerprint density at radius 1 is 1.11 bits per heavy atom. The molecule has 0 aliphatic heterocycles. The molecule has 0 radical (unpaired) electrons. The molecular formula is C15H17N3O. The van der Waals surface area contributed by atoms with Gasteiger partial charge in [-0.3, -0.25) is 4.90 Å². The molecule has 98 valence electrons. The maximum Gasteiger partial charge on any atom is 0.326 e. The zero-order valence-corrected chi connectivity index (χ0v) is 10.8. The fourth-order valence-electron chi connectivity index (χ4n) is 1.70. The van der Waals surface area contributed by atoms with Crippen LogP contribution in [0.25, 0.3) is 0 Å². The SMILES string of the molecule is CN(C(=O)Nc1ccc(CN)cc1)c1ccccc1. The molecule has 0 heterocycles. The molecule has 0 saturated heterocycles. The lowest BCUT2D eigenvalue weighted by Crippen LogP contribution is -2.31. The third kappa shape index (κ3) is 3.33. The van der Waals surface area contributed by atoms with Gasteiger partial charge in [-0.15, -0.1) is 0 Å². The van der Waals surface area contributed by atoms with Gasteiger partial charge in [0.25, 0.3) is 0 Å². The van der Waals surface area contributed by atoms with E-state index in [1.54, 1.807) is 11.9 Å². The van der Waals surface area contributed by atoms with Crippen molar-refractivity contribution in [2.24, 2.45) is 5.73 Å². The van der Waals surface area contributed by atoms with Gasteiger partial charge in [0, 0.05) is 25.0 Å². The molecule has 0 bridgehead atoms. The van der Waals surface area contributed by atoms with Gasteiger partial charge in [0.05, 0.1) is 0 Å². The molecule has 0 aliphatic carbocycles. The Kier molecular flexibility index (Phi) is 4.15. The van der Waals surface area contributed by atoms with Crippen molar-refractivity contribution in [2.45, 2.75) is 6.54 Å². The maximum atomic E-state index is 12.1. The van der Waals surface area contributed by atoms with E-state index in [0.29, 0.717) is 6.54 Å². The molecule has 2 aromatic carbocycles. The van der Waals surface area contributed by atoms with E-state index >= 15 is 0 Å². The summed E-state index contributed by atoms with van der Waals surface area (Å²) in [6.45, 7) is 0.498. The summed E-state index contributed by atoms with van der Waals surface area (Å²) < 4.78 is 0. The van der Waals surface area contributed by atoms with Crippen LogP contribution in [0.3, 0.4) is 0 Å². The van der Waals surface area contributed by atoms with Crippen molar-refractivity contribution in [2.75, 3.05) is 17.3 Å². The van der Waals surface area contributed by atoms with Crippen molar-refractivity contribution in [1.29, 1.82) is 0 Å². The highest BCUT2D eigenvalue weighted by Crippen LogP contribution is 2.14. The average Bonchev–Trinajstić information content (AvgIpc) is 2.48. The first kappa shape index (κ1) is 13.1. The molecule has 0 atom stereocenters. The van der Waals surface area contributed by atoms with Crippen LogP contribution >= 0.6 is 0 Å². The topological polar surface area (TPSA) is 58.4 Å². The Morgan fingerprint density at radius 2 is 1.74 bits per heavy atom. The van der Waals surface area contributed by atoms with Crippen molar-refractivity contribution in [3.05, 3.63) is 60.2 Å². The standard InChI is InChI=1S/C15H17N3O/c1-18(14-5-3-2-4-6-14)15(19)17-13-9-7-12(11-16)8-10-13/h2-10H,11,16H2,1H3,(H,17,19). The van der Waals surface area contributed by atoms with Crippen LogP contribution in [0.2, 0.25) is 0 Å². The zero-order chi connectivity index (χ0) is 13.7. The molecule has 0 fully saturated rings. The maximum absolute atomic E-state index is 12.1.